The molecule has 0 saturated carbocycles. The highest BCUT2D eigenvalue weighted by molar-refractivity contribution is 5.77. The van der Waals surface area contributed by atoms with Crippen LogP contribution < -0.4 is 5.56 Å². The van der Waals surface area contributed by atoms with Gasteiger partial charge < -0.3 is 5.21 Å². The predicted octanol–water partition coefficient (Wildman–Crippen LogP) is 2.22. The van der Waals surface area contributed by atoms with Gasteiger partial charge in [0.25, 0.3) is 5.56 Å². The summed E-state index contributed by atoms with van der Waals surface area (Å²) in [7, 11) is 0. The number of hydrogen-bond acceptors (Lipinski definition) is 3. The van der Waals surface area contributed by atoms with Crippen LogP contribution in [0.3, 0.4) is 0 Å². The van der Waals surface area contributed by atoms with Crippen LogP contribution >= 0.6 is 0 Å². The fourth-order valence-corrected chi connectivity index (χ4v) is 2.06. The Morgan fingerprint density at radius 2 is 1.68 bits per heavy atom. The average Bonchev–Trinajstić information content (AvgIpc) is 2.46. The fourth-order valence-electron chi connectivity index (χ4n) is 2.06. The zero-order chi connectivity index (χ0) is 13.2. The molecule has 19 heavy (non-hydrogen) atoms. The summed E-state index contributed by atoms with van der Waals surface area (Å²) in [6.45, 7) is 0. The first-order valence-electron chi connectivity index (χ1n) is 5.99. The van der Waals surface area contributed by atoms with Crippen molar-refractivity contribution in [2.45, 2.75) is 6.42 Å². The van der Waals surface area contributed by atoms with Crippen molar-refractivity contribution in [1.82, 2.24) is 9.71 Å². The Hall–Kier alpha value is -2.62. The van der Waals surface area contributed by atoms with Crippen molar-refractivity contribution in [2.24, 2.45) is 0 Å². The molecule has 0 bridgehead atoms. The van der Waals surface area contributed by atoms with E-state index in [1.54, 1.807) is 18.2 Å². The number of nitrogens with zero attached hydrogens (tertiary/aromatic N) is 2. The van der Waals surface area contributed by atoms with Crippen LogP contribution in [0.15, 0.2) is 59.4 Å². The summed E-state index contributed by atoms with van der Waals surface area (Å²) in [4.78, 5) is 16.4. The van der Waals surface area contributed by atoms with Crippen molar-refractivity contribution in [1.29, 1.82) is 0 Å². The van der Waals surface area contributed by atoms with Gasteiger partial charge in [-0.05, 0) is 17.7 Å². The Morgan fingerprint density at radius 1 is 1.00 bits per heavy atom. The maximum Gasteiger partial charge on any atom is 0.294 e. The minimum Gasteiger partial charge on any atom is -0.424 e. The molecule has 0 aliphatic carbocycles. The van der Waals surface area contributed by atoms with Gasteiger partial charge in [0.05, 0.1) is 10.9 Å². The Labute approximate surface area is 109 Å². The Kier molecular flexibility index (Phi) is 2.76. The van der Waals surface area contributed by atoms with Crippen LogP contribution in [0.5, 0.6) is 0 Å². The van der Waals surface area contributed by atoms with Crippen molar-refractivity contribution < 1.29 is 5.21 Å². The fraction of sp³-hybridized carbons (Fsp3) is 0.0667. The van der Waals surface area contributed by atoms with Crippen molar-refractivity contribution in [3.63, 3.8) is 0 Å². The van der Waals surface area contributed by atoms with E-state index in [0.717, 1.165) is 5.56 Å². The summed E-state index contributed by atoms with van der Waals surface area (Å²) < 4.78 is 0.634. The molecule has 2 aromatic carbocycles. The second-order valence-corrected chi connectivity index (χ2v) is 4.32. The van der Waals surface area contributed by atoms with Crippen molar-refractivity contribution in [3.8, 4) is 0 Å². The predicted molar refractivity (Wildman–Crippen MR) is 72.4 cm³/mol. The standard InChI is InChI=1S/C15H12N2O2/c18-15-12-8-4-5-9-13(12)16-14(17(15)19)10-11-6-2-1-3-7-11/h1-9,19H,10H2. The van der Waals surface area contributed by atoms with Gasteiger partial charge in [-0.3, -0.25) is 4.79 Å². The normalized spacial score (nSPS) is 10.7. The van der Waals surface area contributed by atoms with E-state index in [0.29, 0.717) is 27.9 Å². The van der Waals surface area contributed by atoms with Gasteiger partial charge >= 0.3 is 0 Å². The minimum atomic E-state index is -0.434. The van der Waals surface area contributed by atoms with Gasteiger partial charge in [0.15, 0.2) is 5.82 Å². The van der Waals surface area contributed by atoms with E-state index in [2.05, 4.69) is 4.98 Å². The van der Waals surface area contributed by atoms with Crippen molar-refractivity contribution in [3.05, 3.63) is 76.3 Å². The summed E-state index contributed by atoms with van der Waals surface area (Å²) in [5.74, 6) is 0.343. The van der Waals surface area contributed by atoms with Crippen LogP contribution in [0.25, 0.3) is 10.9 Å². The van der Waals surface area contributed by atoms with Gasteiger partial charge in [0.1, 0.15) is 0 Å². The summed E-state index contributed by atoms with van der Waals surface area (Å²) in [6.07, 6.45) is 0.414. The Bertz CT molecular complexity index is 779. The van der Waals surface area contributed by atoms with E-state index in [-0.39, 0.29) is 0 Å². The first kappa shape index (κ1) is 11.5. The molecule has 0 aliphatic rings. The zero-order valence-electron chi connectivity index (χ0n) is 10.2. The molecule has 0 radical (unpaired) electrons. The third-order valence-electron chi connectivity index (χ3n) is 3.03. The molecule has 0 aliphatic heterocycles. The summed E-state index contributed by atoms with van der Waals surface area (Å²) in [5.41, 5.74) is 1.16. The largest absolute Gasteiger partial charge is 0.424 e. The monoisotopic (exact) mass is 252 g/mol. The molecule has 0 atom stereocenters. The van der Waals surface area contributed by atoms with E-state index < -0.39 is 5.56 Å². The van der Waals surface area contributed by atoms with E-state index in [9.17, 15) is 10.0 Å². The number of hydrogen-bond donors (Lipinski definition) is 1. The molecule has 0 spiro atoms. The summed E-state index contributed by atoms with van der Waals surface area (Å²) in [5, 5.41) is 10.3. The second kappa shape index (κ2) is 4.57. The lowest BCUT2D eigenvalue weighted by Crippen LogP contribution is -2.23. The third-order valence-corrected chi connectivity index (χ3v) is 3.03. The molecule has 1 N–H and O–H groups in total. The number of aromatic nitrogens is 2. The lowest BCUT2D eigenvalue weighted by Gasteiger charge is -2.07. The van der Waals surface area contributed by atoms with Crippen LogP contribution in [0.2, 0.25) is 0 Å². The molecule has 3 rings (SSSR count). The van der Waals surface area contributed by atoms with E-state index in [1.807, 2.05) is 36.4 Å². The molecule has 0 fully saturated rings. The highest BCUT2D eigenvalue weighted by Gasteiger charge is 2.09. The van der Waals surface area contributed by atoms with E-state index >= 15 is 0 Å². The highest BCUT2D eigenvalue weighted by atomic mass is 16.5. The first-order chi connectivity index (χ1) is 9.25. The Balaban J connectivity index is 2.14. The maximum absolute atomic E-state index is 12.0. The SMILES string of the molecule is O=c1c2ccccc2nc(Cc2ccccc2)n1O. The first-order valence-corrected chi connectivity index (χ1v) is 5.99. The zero-order valence-corrected chi connectivity index (χ0v) is 10.2. The average molecular weight is 252 g/mol. The lowest BCUT2D eigenvalue weighted by molar-refractivity contribution is 0.164. The number of para-hydroxylation sites is 1. The highest BCUT2D eigenvalue weighted by Crippen LogP contribution is 2.10. The molecule has 0 saturated heterocycles. The van der Waals surface area contributed by atoms with Gasteiger partial charge in [-0.25, -0.2) is 4.98 Å². The second-order valence-electron chi connectivity index (χ2n) is 4.32. The van der Waals surface area contributed by atoms with E-state index in [1.165, 1.54) is 0 Å². The molecule has 3 aromatic rings. The molecular formula is C15H12N2O2. The summed E-state index contributed by atoms with van der Waals surface area (Å²) in [6, 6.07) is 16.6. The van der Waals surface area contributed by atoms with Gasteiger partial charge in [-0.2, -0.15) is 0 Å². The molecule has 0 amide bonds. The maximum atomic E-state index is 12.0. The van der Waals surface area contributed by atoms with Crippen molar-refractivity contribution in [2.75, 3.05) is 0 Å². The van der Waals surface area contributed by atoms with Crippen LogP contribution in [-0.2, 0) is 6.42 Å². The van der Waals surface area contributed by atoms with Crippen LogP contribution in [-0.4, -0.2) is 14.9 Å². The van der Waals surface area contributed by atoms with Gasteiger partial charge in [0, 0.05) is 6.42 Å². The molecule has 1 heterocycles. The molecule has 0 unspecified atom stereocenters. The van der Waals surface area contributed by atoms with E-state index in [4.69, 9.17) is 0 Å². The minimum absolute atomic E-state index is 0.343. The number of benzene rings is 2. The molecule has 4 heteroatoms. The third kappa shape index (κ3) is 2.08. The van der Waals surface area contributed by atoms with Crippen LogP contribution in [0, 0.1) is 0 Å². The molecule has 4 nitrogen and oxygen atoms in total. The lowest BCUT2D eigenvalue weighted by atomic mass is 10.1. The summed E-state index contributed by atoms with van der Waals surface area (Å²) >= 11 is 0. The topological polar surface area (TPSA) is 55.1 Å². The quantitative estimate of drug-likeness (QED) is 0.711. The van der Waals surface area contributed by atoms with Gasteiger partial charge in [-0.1, -0.05) is 42.5 Å². The molecular weight excluding hydrogens is 240 g/mol. The van der Waals surface area contributed by atoms with Gasteiger partial charge in [0.2, 0.25) is 0 Å². The number of rotatable bonds is 2. The van der Waals surface area contributed by atoms with Crippen molar-refractivity contribution >= 4 is 10.9 Å². The smallest absolute Gasteiger partial charge is 0.294 e. The Morgan fingerprint density at radius 3 is 2.47 bits per heavy atom. The van der Waals surface area contributed by atoms with Gasteiger partial charge in [-0.15, -0.1) is 4.73 Å². The number of fused-ring (bicyclic) bond motifs is 1. The van der Waals surface area contributed by atoms with Crippen LogP contribution in [0.4, 0.5) is 0 Å². The van der Waals surface area contributed by atoms with Crippen LogP contribution in [0.1, 0.15) is 11.4 Å². The molecule has 1 aromatic heterocycles. The molecule has 94 valence electrons.